The number of piperidine rings is 1. The van der Waals surface area contributed by atoms with Crippen LogP contribution in [0.5, 0.6) is 0 Å². The summed E-state index contributed by atoms with van der Waals surface area (Å²) < 4.78 is 48.3. The number of nitrogens with zero attached hydrogens (tertiary/aromatic N) is 3. The molecule has 0 spiro atoms. The number of rotatable bonds is 4. The normalized spacial score (nSPS) is 31.7. The maximum absolute atomic E-state index is 14.3. The number of aromatic nitrogens is 1. The van der Waals surface area contributed by atoms with Crippen LogP contribution in [0, 0.1) is 22.2 Å². The molecule has 0 bridgehead atoms. The first-order valence-electron chi connectivity index (χ1n) is 10.9. The highest BCUT2D eigenvalue weighted by Gasteiger charge is 2.87. The Bertz CT molecular complexity index is 1150. The van der Waals surface area contributed by atoms with Gasteiger partial charge in [-0.15, -0.1) is 0 Å². The molecular formula is C23H24F3N5O2. The Morgan fingerprint density at radius 1 is 1.42 bits per heavy atom. The van der Waals surface area contributed by atoms with Crippen molar-refractivity contribution in [1.82, 2.24) is 20.5 Å². The number of nitriles is 1. The fraction of sp³-hybridized carbons (Fsp3) is 0.522. The minimum absolute atomic E-state index is 0.0918. The summed E-state index contributed by atoms with van der Waals surface area (Å²) in [6, 6.07) is 7.75. The van der Waals surface area contributed by atoms with Gasteiger partial charge in [0.15, 0.2) is 0 Å². The smallest absolute Gasteiger partial charge is 0.378 e. The number of fused-ring (bicyclic) bond motifs is 2. The molecule has 174 valence electrons. The second kappa shape index (κ2) is 7.65. The van der Waals surface area contributed by atoms with Crippen LogP contribution in [0.3, 0.4) is 0 Å². The first kappa shape index (κ1) is 22.1. The number of amides is 1. The SMILES string of the molecule is CN1CCOC[C@@H]1CNC(=O)C12CC1(C(F)(F)F)CNC2c1ccc(C#N)c2ncccc12. The van der Waals surface area contributed by atoms with Gasteiger partial charge in [-0.25, -0.2) is 0 Å². The number of carbonyl (C=O) groups excluding carboxylic acids is 1. The number of morpholine rings is 1. The molecule has 1 aromatic carbocycles. The highest BCUT2D eigenvalue weighted by molar-refractivity contribution is 5.93. The molecule has 3 heterocycles. The van der Waals surface area contributed by atoms with Crippen LogP contribution in [0.15, 0.2) is 30.5 Å². The number of nitrogens with one attached hydrogen (secondary N) is 2. The van der Waals surface area contributed by atoms with Gasteiger partial charge in [0, 0.05) is 37.3 Å². The van der Waals surface area contributed by atoms with Gasteiger partial charge in [0.2, 0.25) is 5.91 Å². The van der Waals surface area contributed by atoms with Crippen molar-refractivity contribution >= 4 is 16.8 Å². The second-order valence-electron chi connectivity index (χ2n) is 9.18. The van der Waals surface area contributed by atoms with Crippen LogP contribution in [0.1, 0.15) is 23.6 Å². The number of likely N-dealkylation sites (N-methyl/N-ethyl adjacent to an activating group) is 1. The van der Waals surface area contributed by atoms with Crippen molar-refractivity contribution in [3.63, 3.8) is 0 Å². The van der Waals surface area contributed by atoms with E-state index in [1.165, 1.54) is 6.20 Å². The number of benzene rings is 1. The quantitative estimate of drug-likeness (QED) is 0.728. The molecule has 7 nitrogen and oxygen atoms in total. The Labute approximate surface area is 188 Å². The van der Waals surface area contributed by atoms with E-state index in [2.05, 4.69) is 21.7 Å². The lowest BCUT2D eigenvalue weighted by Crippen LogP contribution is -2.51. The summed E-state index contributed by atoms with van der Waals surface area (Å²) in [5.74, 6) is -0.602. The Hall–Kier alpha value is -2.74. The van der Waals surface area contributed by atoms with E-state index in [1.807, 2.05) is 11.9 Å². The third-order valence-corrected chi connectivity index (χ3v) is 7.61. The molecule has 0 radical (unpaired) electrons. The summed E-state index contributed by atoms with van der Waals surface area (Å²) in [6.07, 6.45) is -3.26. The maximum atomic E-state index is 14.3. The van der Waals surface area contributed by atoms with Crippen molar-refractivity contribution in [3.05, 3.63) is 41.6 Å². The molecule has 2 N–H and O–H groups in total. The largest absolute Gasteiger partial charge is 0.396 e. The minimum Gasteiger partial charge on any atom is -0.378 e. The molecule has 10 heteroatoms. The fourth-order valence-corrected chi connectivity index (χ4v) is 5.60. The van der Waals surface area contributed by atoms with Crippen molar-refractivity contribution in [2.75, 3.05) is 39.9 Å². The first-order chi connectivity index (χ1) is 15.7. The van der Waals surface area contributed by atoms with E-state index < -0.39 is 29.0 Å². The summed E-state index contributed by atoms with van der Waals surface area (Å²) in [7, 11) is 1.91. The summed E-state index contributed by atoms with van der Waals surface area (Å²) >= 11 is 0. The van der Waals surface area contributed by atoms with Gasteiger partial charge in [-0.3, -0.25) is 14.7 Å². The predicted octanol–water partition coefficient (Wildman–Crippen LogP) is 2.14. The Morgan fingerprint density at radius 2 is 2.24 bits per heavy atom. The molecule has 2 saturated heterocycles. The van der Waals surface area contributed by atoms with Crippen molar-refractivity contribution in [1.29, 1.82) is 5.26 Å². The number of hydrogen-bond donors (Lipinski definition) is 2. The zero-order chi connectivity index (χ0) is 23.4. The summed E-state index contributed by atoms with van der Waals surface area (Å²) in [6.45, 7) is 1.60. The number of pyridine rings is 1. The molecular weight excluding hydrogens is 435 g/mol. The summed E-state index contributed by atoms with van der Waals surface area (Å²) in [5.41, 5.74) is -2.47. The molecule has 3 aliphatic rings. The van der Waals surface area contributed by atoms with E-state index in [4.69, 9.17) is 4.74 Å². The Morgan fingerprint density at radius 3 is 2.94 bits per heavy atom. The van der Waals surface area contributed by atoms with Crippen LogP contribution in [0.2, 0.25) is 0 Å². The average molecular weight is 459 g/mol. The van der Waals surface area contributed by atoms with E-state index >= 15 is 0 Å². The third kappa shape index (κ3) is 3.14. The van der Waals surface area contributed by atoms with E-state index in [0.717, 1.165) is 0 Å². The average Bonchev–Trinajstić information content (AvgIpc) is 3.40. The van der Waals surface area contributed by atoms with Crippen LogP contribution >= 0.6 is 0 Å². The number of carbonyl (C=O) groups is 1. The predicted molar refractivity (Wildman–Crippen MR) is 113 cm³/mol. The van der Waals surface area contributed by atoms with Gasteiger partial charge in [-0.1, -0.05) is 12.1 Å². The third-order valence-electron chi connectivity index (χ3n) is 7.61. The zero-order valence-corrected chi connectivity index (χ0v) is 18.1. The van der Waals surface area contributed by atoms with E-state index in [0.29, 0.717) is 41.8 Å². The molecule has 3 fully saturated rings. The van der Waals surface area contributed by atoms with Crippen LogP contribution in [0.25, 0.3) is 10.9 Å². The van der Waals surface area contributed by atoms with E-state index in [9.17, 15) is 23.2 Å². The summed E-state index contributed by atoms with van der Waals surface area (Å²) in [5, 5.41) is 15.8. The molecule has 33 heavy (non-hydrogen) atoms. The Kier molecular flexibility index (Phi) is 5.12. The topological polar surface area (TPSA) is 90.3 Å². The summed E-state index contributed by atoms with van der Waals surface area (Å²) in [4.78, 5) is 19.8. The van der Waals surface area contributed by atoms with Crippen molar-refractivity contribution in [2.24, 2.45) is 10.8 Å². The van der Waals surface area contributed by atoms with Gasteiger partial charge >= 0.3 is 6.18 Å². The first-order valence-corrected chi connectivity index (χ1v) is 10.9. The van der Waals surface area contributed by atoms with Crippen LogP contribution in [0.4, 0.5) is 13.2 Å². The highest BCUT2D eigenvalue weighted by Crippen LogP contribution is 2.78. The van der Waals surface area contributed by atoms with Gasteiger partial charge in [0.05, 0.1) is 41.2 Å². The van der Waals surface area contributed by atoms with Crippen LogP contribution in [-0.4, -0.2) is 67.9 Å². The molecule has 2 aliphatic heterocycles. The van der Waals surface area contributed by atoms with Gasteiger partial charge in [-0.05, 0) is 31.2 Å². The zero-order valence-electron chi connectivity index (χ0n) is 18.1. The highest BCUT2D eigenvalue weighted by atomic mass is 19.4. The Balaban J connectivity index is 1.52. The molecule has 5 rings (SSSR count). The molecule has 3 unspecified atom stereocenters. The minimum atomic E-state index is -4.53. The monoisotopic (exact) mass is 459 g/mol. The molecule has 4 atom stereocenters. The van der Waals surface area contributed by atoms with E-state index in [1.54, 1.807) is 24.3 Å². The molecule has 1 aromatic heterocycles. The van der Waals surface area contributed by atoms with Gasteiger partial charge in [0.1, 0.15) is 6.07 Å². The van der Waals surface area contributed by atoms with Crippen molar-refractivity contribution < 1.29 is 22.7 Å². The van der Waals surface area contributed by atoms with Gasteiger partial charge in [-0.2, -0.15) is 18.4 Å². The van der Waals surface area contributed by atoms with Crippen LogP contribution < -0.4 is 10.6 Å². The van der Waals surface area contributed by atoms with Gasteiger partial charge < -0.3 is 15.4 Å². The maximum Gasteiger partial charge on any atom is 0.396 e. The number of hydrogen-bond acceptors (Lipinski definition) is 6. The van der Waals surface area contributed by atoms with Crippen LogP contribution in [-0.2, 0) is 9.53 Å². The lowest BCUT2D eigenvalue weighted by Gasteiger charge is -2.33. The fourth-order valence-electron chi connectivity index (χ4n) is 5.60. The lowest BCUT2D eigenvalue weighted by atomic mass is 9.83. The molecule has 1 saturated carbocycles. The lowest BCUT2D eigenvalue weighted by molar-refractivity contribution is -0.192. The standard InChI is InChI=1S/C23H24F3N5O2/c1-31-7-8-33-11-15(31)10-29-20(32)22-12-21(22,23(24,25)26)13-30-19(22)17-5-4-14(9-27)18-16(17)3-2-6-28-18/h2-6,15,19,30H,7-8,10-13H2,1H3,(H,29,32)/t15-,19?,21?,22?/m0/s1. The van der Waals surface area contributed by atoms with E-state index in [-0.39, 0.29) is 25.6 Å². The van der Waals surface area contributed by atoms with Crippen molar-refractivity contribution in [2.45, 2.75) is 24.7 Å². The number of ether oxygens (including phenoxy) is 1. The molecule has 2 aromatic rings. The second-order valence-corrected chi connectivity index (χ2v) is 9.18. The molecule has 1 amide bonds. The molecule has 1 aliphatic carbocycles. The number of halogens is 3. The van der Waals surface area contributed by atoms with Crippen molar-refractivity contribution in [3.8, 4) is 6.07 Å². The van der Waals surface area contributed by atoms with Gasteiger partial charge in [0.25, 0.3) is 0 Å². The number of alkyl halides is 3.